The van der Waals surface area contributed by atoms with E-state index in [2.05, 4.69) is 21.4 Å². The van der Waals surface area contributed by atoms with E-state index in [1.54, 1.807) is 25.2 Å². The molecule has 1 aliphatic rings. The number of hydrogen-bond donors (Lipinski definition) is 1. The standard InChI is InChI=1S/C22H27FN6O2/c1-27(2)22(31)20-14-28(26-25-20)13-17-10-16(23)12-29(17)21(30)9-5-6-15-11-24-19-8-4-3-7-18(15)19/h3-4,7-8,11,14,16-17,24H,5-6,9-10,12-13H2,1-2H3/t16-,17-/m0/s1. The number of aryl methyl sites for hydroxylation is 1. The van der Waals surface area contributed by atoms with E-state index >= 15 is 0 Å². The molecule has 0 unspecified atom stereocenters. The quantitative estimate of drug-likeness (QED) is 0.629. The van der Waals surface area contributed by atoms with Crippen molar-refractivity contribution in [3.8, 4) is 0 Å². The molecule has 0 radical (unpaired) electrons. The number of rotatable bonds is 7. The molecule has 1 aromatic carbocycles. The van der Waals surface area contributed by atoms with Crippen LogP contribution in [0.3, 0.4) is 0 Å². The van der Waals surface area contributed by atoms with E-state index < -0.39 is 6.17 Å². The Labute approximate surface area is 180 Å². The molecule has 0 aliphatic carbocycles. The lowest BCUT2D eigenvalue weighted by atomic mass is 10.1. The molecule has 8 nitrogen and oxygen atoms in total. The largest absolute Gasteiger partial charge is 0.361 e. The van der Waals surface area contributed by atoms with Crippen molar-refractivity contribution in [3.05, 3.63) is 47.9 Å². The van der Waals surface area contributed by atoms with Crippen LogP contribution in [-0.4, -0.2) is 74.4 Å². The minimum atomic E-state index is -1.05. The number of carbonyl (C=O) groups excluding carboxylic acids is 2. The summed E-state index contributed by atoms with van der Waals surface area (Å²) >= 11 is 0. The normalized spacial score (nSPS) is 18.6. The molecular weight excluding hydrogens is 399 g/mol. The third-order valence-corrected chi connectivity index (χ3v) is 5.76. The van der Waals surface area contributed by atoms with Crippen molar-refractivity contribution in [2.45, 2.75) is 44.4 Å². The summed E-state index contributed by atoms with van der Waals surface area (Å²) in [5.41, 5.74) is 2.51. The van der Waals surface area contributed by atoms with Gasteiger partial charge in [0.2, 0.25) is 5.91 Å². The van der Waals surface area contributed by atoms with E-state index in [-0.39, 0.29) is 36.5 Å². The smallest absolute Gasteiger partial charge is 0.275 e. The number of halogens is 1. The number of nitrogens with one attached hydrogen (secondary N) is 1. The van der Waals surface area contributed by atoms with Gasteiger partial charge in [-0.2, -0.15) is 0 Å². The molecule has 9 heteroatoms. The number of para-hydroxylation sites is 1. The van der Waals surface area contributed by atoms with Crippen LogP contribution in [0.5, 0.6) is 0 Å². The van der Waals surface area contributed by atoms with E-state index in [1.807, 2.05) is 24.4 Å². The highest BCUT2D eigenvalue weighted by Crippen LogP contribution is 2.24. The highest BCUT2D eigenvalue weighted by atomic mass is 19.1. The van der Waals surface area contributed by atoms with E-state index in [0.717, 1.165) is 11.9 Å². The molecule has 3 heterocycles. The van der Waals surface area contributed by atoms with Crippen molar-refractivity contribution < 1.29 is 14.0 Å². The molecule has 0 bridgehead atoms. The fourth-order valence-corrected chi connectivity index (χ4v) is 4.18. The first-order valence-corrected chi connectivity index (χ1v) is 10.5. The predicted molar refractivity (Wildman–Crippen MR) is 114 cm³/mol. The Hall–Kier alpha value is -3.23. The maximum atomic E-state index is 14.1. The zero-order valence-electron chi connectivity index (χ0n) is 17.8. The van der Waals surface area contributed by atoms with Crippen LogP contribution in [0.1, 0.15) is 35.3 Å². The molecule has 164 valence electrons. The number of nitrogens with zero attached hydrogens (tertiary/aromatic N) is 5. The van der Waals surface area contributed by atoms with Crippen molar-refractivity contribution in [2.24, 2.45) is 0 Å². The minimum absolute atomic E-state index is 0.0466. The second kappa shape index (κ2) is 8.87. The molecule has 1 N–H and O–H groups in total. The van der Waals surface area contributed by atoms with Gasteiger partial charge in [0.1, 0.15) is 6.17 Å². The van der Waals surface area contributed by atoms with Gasteiger partial charge in [0.15, 0.2) is 5.69 Å². The van der Waals surface area contributed by atoms with E-state index in [9.17, 15) is 14.0 Å². The zero-order chi connectivity index (χ0) is 22.0. The van der Waals surface area contributed by atoms with Gasteiger partial charge in [-0.15, -0.1) is 5.10 Å². The first-order valence-electron chi connectivity index (χ1n) is 10.5. The number of aromatic nitrogens is 4. The Bertz CT molecular complexity index is 1070. The van der Waals surface area contributed by atoms with Crippen LogP contribution in [0.2, 0.25) is 0 Å². The lowest BCUT2D eigenvalue weighted by molar-refractivity contribution is -0.132. The van der Waals surface area contributed by atoms with Crippen LogP contribution >= 0.6 is 0 Å². The summed E-state index contributed by atoms with van der Waals surface area (Å²) in [6.45, 7) is 0.428. The summed E-state index contributed by atoms with van der Waals surface area (Å²) in [6.07, 6.45) is 4.61. The fourth-order valence-electron chi connectivity index (χ4n) is 4.18. The van der Waals surface area contributed by atoms with Gasteiger partial charge in [-0.3, -0.25) is 9.59 Å². The van der Waals surface area contributed by atoms with Gasteiger partial charge < -0.3 is 14.8 Å². The molecule has 2 aromatic heterocycles. The minimum Gasteiger partial charge on any atom is -0.361 e. The zero-order valence-corrected chi connectivity index (χ0v) is 17.8. The Morgan fingerprint density at radius 2 is 2.10 bits per heavy atom. The molecule has 1 aliphatic heterocycles. The first-order chi connectivity index (χ1) is 14.9. The third kappa shape index (κ3) is 4.60. The third-order valence-electron chi connectivity index (χ3n) is 5.76. The maximum absolute atomic E-state index is 14.1. The number of carbonyl (C=O) groups is 2. The van der Waals surface area contributed by atoms with Gasteiger partial charge in [-0.05, 0) is 24.5 Å². The average molecular weight is 426 g/mol. The Balaban J connectivity index is 1.35. The number of alkyl halides is 1. The molecular formula is C22H27FN6O2. The predicted octanol–water partition coefficient (Wildman–Crippen LogP) is 2.42. The van der Waals surface area contributed by atoms with Crippen molar-refractivity contribution in [3.63, 3.8) is 0 Å². The number of fused-ring (bicyclic) bond motifs is 1. The van der Waals surface area contributed by atoms with Crippen molar-refractivity contribution in [2.75, 3.05) is 20.6 Å². The second-order valence-corrected chi connectivity index (χ2v) is 8.27. The lowest BCUT2D eigenvalue weighted by Gasteiger charge is -2.24. The van der Waals surface area contributed by atoms with Gasteiger partial charge in [-0.25, -0.2) is 9.07 Å². The summed E-state index contributed by atoms with van der Waals surface area (Å²) < 4.78 is 15.7. The number of likely N-dealkylation sites (tertiary alicyclic amines) is 1. The van der Waals surface area contributed by atoms with Gasteiger partial charge in [0.25, 0.3) is 5.91 Å². The summed E-state index contributed by atoms with van der Waals surface area (Å²) in [5.74, 6) is -0.291. The summed E-state index contributed by atoms with van der Waals surface area (Å²) in [4.78, 5) is 31.1. The van der Waals surface area contributed by atoms with Gasteiger partial charge >= 0.3 is 0 Å². The number of benzene rings is 1. The van der Waals surface area contributed by atoms with Crippen LogP contribution in [0.25, 0.3) is 10.9 Å². The molecule has 3 aromatic rings. The lowest BCUT2D eigenvalue weighted by Crippen LogP contribution is -2.38. The average Bonchev–Trinajstić information content (AvgIpc) is 3.47. The number of hydrogen-bond acceptors (Lipinski definition) is 4. The van der Waals surface area contributed by atoms with Crippen molar-refractivity contribution in [1.29, 1.82) is 0 Å². The summed E-state index contributed by atoms with van der Waals surface area (Å²) in [5, 5.41) is 9.05. The van der Waals surface area contributed by atoms with Gasteiger partial charge in [0, 0.05) is 44.0 Å². The highest BCUT2D eigenvalue weighted by Gasteiger charge is 2.35. The van der Waals surface area contributed by atoms with Crippen LogP contribution < -0.4 is 0 Å². The Kier molecular flexibility index (Phi) is 6.01. The van der Waals surface area contributed by atoms with E-state index in [1.165, 1.54) is 20.5 Å². The van der Waals surface area contributed by atoms with Crippen LogP contribution in [0, 0.1) is 0 Å². The Morgan fingerprint density at radius 3 is 2.90 bits per heavy atom. The van der Waals surface area contributed by atoms with Crippen LogP contribution in [-0.2, 0) is 17.8 Å². The Morgan fingerprint density at radius 1 is 1.29 bits per heavy atom. The fraction of sp³-hybridized carbons (Fsp3) is 0.455. The molecule has 1 saturated heterocycles. The molecule has 2 amide bonds. The summed E-state index contributed by atoms with van der Waals surface area (Å²) in [6, 6.07) is 7.80. The van der Waals surface area contributed by atoms with Crippen LogP contribution in [0.4, 0.5) is 4.39 Å². The molecule has 1 fully saturated rings. The van der Waals surface area contributed by atoms with Gasteiger partial charge in [0.05, 0.1) is 25.3 Å². The van der Waals surface area contributed by atoms with Crippen molar-refractivity contribution in [1.82, 2.24) is 29.8 Å². The van der Waals surface area contributed by atoms with Gasteiger partial charge in [-0.1, -0.05) is 23.4 Å². The topological polar surface area (TPSA) is 87.1 Å². The maximum Gasteiger partial charge on any atom is 0.275 e. The molecule has 2 atom stereocenters. The number of aromatic amines is 1. The number of amides is 2. The molecule has 0 saturated carbocycles. The highest BCUT2D eigenvalue weighted by molar-refractivity contribution is 5.91. The second-order valence-electron chi connectivity index (χ2n) is 8.27. The monoisotopic (exact) mass is 426 g/mol. The first kappa shape index (κ1) is 21.0. The molecule has 31 heavy (non-hydrogen) atoms. The summed E-state index contributed by atoms with van der Waals surface area (Å²) in [7, 11) is 3.28. The number of H-pyrrole nitrogens is 1. The molecule has 0 spiro atoms. The van der Waals surface area contributed by atoms with Crippen molar-refractivity contribution >= 4 is 22.7 Å². The van der Waals surface area contributed by atoms with E-state index in [4.69, 9.17) is 0 Å². The van der Waals surface area contributed by atoms with Crippen LogP contribution in [0.15, 0.2) is 36.7 Å². The SMILES string of the molecule is CN(C)C(=O)c1cn(C[C@@H]2C[C@H](F)CN2C(=O)CCCc2c[nH]c3ccccc23)nn1. The van der Waals surface area contributed by atoms with E-state index in [0.29, 0.717) is 19.4 Å². The molecule has 4 rings (SSSR count).